The lowest BCUT2D eigenvalue weighted by atomic mass is 9.72. The molecule has 0 aromatic heterocycles. The van der Waals surface area contributed by atoms with Crippen LogP contribution in [-0.2, 0) is 16.7 Å². The van der Waals surface area contributed by atoms with E-state index in [1.54, 1.807) is 0 Å². The Hall–Kier alpha value is -1.84. The maximum absolute atomic E-state index is 5.83. The van der Waals surface area contributed by atoms with Crippen LogP contribution in [0.1, 0.15) is 63.3 Å². The number of hydrogen-bond donors (Lipinski definition) is 1. The van der Waals surface area contributed by atoms with Crippen LogP contribution in [0.25, 0.3) is 0 Å². The van der Waals surface area contributed by atoms with Gasteiger partial charge in [0.05, 0.1) is 13.2 Å². The van der Waals surface area contributed by atoms with Gasteiger partial charge in [0.25, 0.3) is 0 Å². The van der Waals surface area contributed by atoms with Crippen LogP contribution in [0, 0.1) is 19.3 Å². The third kappa shape index (κ3) is 8.12. The van der Waals surface area contributed by atoms with E-state index in [1.807, 2.05) is 0 Å². The quantitative estimate of drug-likeness (QED) is 0.446. The van der Waals surface area contributed by atoms with Crippen molar-refractivity contribution in [2.24, 2.45) is 5.41 Å². The number of benzene rings is 2. The van der Waals surface area contributed by atoms with Crippen molar-refractivity contribution in [3.8, 4) is 5.75 Å². The Balaban J connectivity index is 1.62. The molecule has 0 aliphatic heterocycles. The molecule has 30 heavy (non-hydrogen) atoms. The summed E-state index contributed by atoms with van der Waals surface area (Å²) in [5, 5.41) is 3.45. The second-order valence-electron chi connectivity index (χ2n) is 10.1. The van der Waals surface area contributed by atoms with Crippen LogP contribution in [0.3, 0.4) is 0 Å². The van der Waals surface area contributed by atoms with E-state index in [4.69, 9.17) is 9.47 Å². The molecule has 2 aromatic carbocycles. The minimum absolute atomic E-state index is 0.157. The van der Waals surface area contributed by atoms with Gasteiger partial charge in [0.2, 0.25) is 0 Å². The van der Waals surface area contributed by atoms with Crippen molar-refractivity contribution in [3.63, 3.8) is 0 Å². The molecule has 3 heteroatoms. The van der Waals surface area contributed by atoms with E-state index >= 15 is 0 Å². The van der Waals surface area contributed by atoms with Gasteiger partial charge in [0.1, 0.15) is 12.4 Å². The molecule has 0 atom stereocenters. The third-order valence-corrected chi connectivity index (χ3v) is 5.56. The van der Waals surface area contributed by atoms with Crippen molar-refractivity contribution in [2.45, 2.75) is 66.8 Å². The predicted molar refractivity (Wildman–Crippen MR) is 127 cm³/mol. The lowest BCUT2D eigenvalue weighted by molar-refractivity contribution is 0.102. The minimum Gasteiger partial charge on any atom is -0.491 e. The molecule has 2 rings (SSSR count). The summed E-state index contributed by atoms with van der Waals surface area (Å²) < 4.78 is 11.5. The monoisotopic (exact) mass is 411 g/mol. The third-order valence-electron chi connectivity index (χ3n) is 5.56. The molecule has 3 nitrogen and oxygen atoms in total. The zero-order valence-corrected chi connectivity index (χ0v) is 20.1. The average Bonchev–Trinajstić information content (AvgIpc) is 2.65. The smallest absolute Gasteiger partial charge is 0.119 e. The van der Waals surface area contributed by atoms with E-state index in [0.717, 1.165) is 25.3 Å². The van der Waals surface area contributed by atoms with Crippen molar-refractivity contribution in [1.82, 2.24) is 5.32 Å². The van der Waals surface area contributed by atoms with Gasteiger partial charge in [-0.15, -0.1) is 0 Å². The van der Waals surface area contributed by atoms with E-state index in [1.165, 1.54) is 22.3 Å². The first-order chi connectivity index (χ1) is 14.1. The van der Waals surface area contributed by atoms with Crippen molar-refractivity contribution < 1.29 is 9.47 Å². The van der Waals surface area contributed by atoms with Gasteiger partial charge >= 0.3 is 0 Å². The van der Waals surface area contributed by atoms with Crippen molar-refractivity contribution >= 4 is 0 Å². The molecule has 0 amide bonds. The first-order valence-corrected chi connectivity index (χ1v) is 11.2. The molecule has 0 fully saturated rings. The molecule has 0 aliphatic rings. The summed E-state index contributed by atoms with van der Waals surface area (Å²) in [6.07, 6.45) is 1.14. The van der Waals surface area contributed by atoms with Crippen LogP contribution in [0.2, 0.25) is 0 Å². The van der Waals surface area contributed by atoms with Crippen LogP contribution in [0.4, 0.5) is 0 Å². The van der Waals surface area contributed by atoms with E-state index in [-0.39, 0.29) is 5.41 Å². The van der Waals surface area contributed by atoms with Crippen LogP contribution in [0.15, 0.2) is 42.5 Å². The van der Waals surface area contributed by atoms with Gasteiger partial charge in [-0.2, -0.15) is 0 Å². The molecule has 0 heterocycles. The first kappa shape index (κ1) is 24.4. The van der Waals surface area contributed by atoms with Gasteiger partial charge in [-0.3, -0.25) is 0 Å². The average molecular weight is 412 g/mol. The van der Waals surface area contributed by atoms with Crippen molar-refractivity contribution in [1.29, 1.82) is 0 Å². The molecule has 166 valence electrons. The van der Waals surface area contributed by atoms with Gasteiger partial charge in [0.15, 0.2) is 0 Å². The second-order valence-corrected chi connectivity index (χ2v) is 10.1. The largest absolute Gasteiger partial charge is 0.491 e. The second kappa shape index (κ2) is 11.0. The zero-order chi connectivity index (χ0) is 22.2. The summed E-state index contributed by atoms with van der Waals surface area (Å²) in [4.78, 5) is 0. The molecule has 0 aliphatic carbocycles. The summed E-state index contributed by atoms with van der Waals surface area (Å²) in [5.41, 5.74) is 5.89. The topological polar surface area (TPSA) is 30.5 Å². The molecule has 0 spiro atoms. The molecular weight excluding hydrogens is 370 g/mol. The molecular formula is C27H41NO2. The predicted octanol–water partition coefficient (Wildman–Crippen LogP) is 6.20. The van der Waals surface area contributed by atoms with Crippen LogP contribution in [0.5, 0.6) is 5.75 Å². The zero-order valence-electron chi connectivity index (χ0n) is 20.1. The highest BCUT2D eigenvalue weighted by Gasteiger charge is 2.27. The lowest BCUT2D eigenvalue weighted by Gasteiger charge is -2.33. The number of aryl methyl sites for hydroxylation is 1. The Morgan fingerprint density at radius 3 is 2.20 bits per heavy atom. The number of nitrogens with one attached hydrogen (secondary N) is 1. The van der Waals surface area contributed by atoms with E-state index in [0.29, 0.717) is 25.2 Å². The number of rotatable bonds is 11. The maximum atomic E-state index is 5.83. The summed E-state index contributed by atoms with van der Waals surface area (Å²) in [7, 11) is 0. The molecule has 0 saturated carbocycles. The molecule has 0 saturated heterocycles. The van der Waals surface area contributed by atoms with E-state index < -0.39 is 0 Å². The first-order valence-electron chi connectivity index (χ1n) is 11.2. The number of ether oxygens (including phenoxy) is 2. The summed E-state index contributed by atoms with van der Waals surface area (Å²) >= 11 is 0. The Labute approximate surface area is 184 Å². The van der Waals surface area contributed by atoms with Crippen LogP contribution < -0.4 is 10.1 Å². The highest BCUT2D eigenvalue weighted by atomic mass is 16.5. The summed E-state index contributed by atoms with van der Waals surface area (Å²) in [6, 6.07) is 15.0. The fourth-order valence-electron chi connectivity index (χ4n) is 4.12. The highest BCUT2D eigenvalue weighted by Crippen LogP contribution is 2.36. The lowest BCUT2D eigenvalue weighted by Crippen LogP contribution is -2.24. The Morgan fingerprint density at radius 1 is 0.833 bits per heavy atom. The van der Waals surface area contributed by atoms with Gasteiger partial charge < -0.3 is 14.8 Å². The Morgan fingerprint density at radius 2 is 1.53 bits per heavy atom. The fourth-order valence-corrected chi connectivity index (χ4v) is 4.12. The van der Waals surface area contributed by atoms with Crippen LogP contribution in [-0.4, -0.2) is 26.4 Å². The van der Waals surface area contributed by atoms with Gasteiger partial charge in [-0.25, -0.2) is 0 Å². The highest BCUT2D eigenvalue weighted by molar-refractivity contribution is 5.33. The fraction of sp³-hybridized carbons (Fsp3) is 0.556. The molecule has 0 radical (unpaired) electrons. The molecule has 0 bridgehead atoms. The van der Waals surface area contributed by atoms with Crippen LogP contribution >= 0.6 is 0 Å². The van der Waals surface area contributed by atoms with Gasteiger partial charge in [-0.05, 0) is 65.5 Å². The Bertz CT molecular complexity index is 772. The number of hydrogen-bond acceptors (Lipinski definition) is 3. The molecule has 1 N–H and O–H groups in total. The summed E-state index contributed by atoms with van der Waals surface area (Å²) in [6.45, 7) is 19.4. The van der Waals surface area contributed by atoms with Gasteiger partial charge in [0, 0.05) is 13.1 Å². The molecule has 0 unspecified atom stereocenters. The van der Waals surface area contributed by atoms with E-state index in [2.05, 4.69) is 96.2 Å². The van der Waals surface area contributed by atoms with E-state index in [9.17, 15) is 0 Å². The van der Waals surface area contributed by atoms with Gasteiger partial charge in [-0.1, -0.05) is 65.0 Å². The molecule has 2 aromatic rings. The summed E-state index contributed by atoms with van der Waals surface area (Å²) in [5.74, 6) is 0.905. The normalized spacial score (nSPS) is 12.2. The standard InChI is InChI=1S/C27H41NO2/c1-21-9-8-10-23(22(21)2)19-28-15-16-29-17-18-30-25-13-11-24(12-14-25)27(6,7)20-26(3,4)5/h8-14,28H,15-20H2,1-7H3. The minimum atomic E-state index is 0.157. The Kier molecular flexibility index (Phi) is 8.93. The maximum Gasteiger partial charge on any atom is 0.119 e. The SMILES string of the molecule is Cc1cccc(CNCCOCCOc2ccc(C(C)(C)CC(C)(C)C)cc2)c1C. The van der Waals surface area contributed by atoms with Crippen molar-refractivity contribution in [3.05, 3.63) is 64.7 Å². The van der Waals surface area contributed by atoms with Crippen molar-refractivity contribution in [2.75, 3.05) is 26.4 Å².